The minimum absolute atomic E-state index is 0.287. The first-order valence-corrected chi connectivity index (χ1v) is 20.7. The second kappa shape index (κ2) is 11.2. The molecular formula is C40H28Al2IN4-. The second-order valence-electron chi connectivity index (χ2n) is 12.3. The summed E-state index contributed by atoms with van der Waals surface area (Å²) in [5, 5.41) is 8.08. The van der Waals surface area contributed by atoms with Gasteiger partial charge in [-0.3, -0.25) is 0 Å². The third-order valence-electron chi connectivity index (χ3n) is 9.63. The first-order chi connectivity index (χ1) is 23.3. The molecule has 47 heavy (non-hydrogen) atoms. The summed E-state index contributed by atoms with van der Waals surface area (Å²) in [6.45, 7) is 0. The van der Waals surface area contributed by atoms with Crippen LogP contribution in [0.25, 0.3) is 65.4 Å². The first kappa shape index (κ1) is 27.9. The first-order valence-electron chi connectivity index (χ1n) is 16.0. The Kier molecular flexibility index (Phi) is 6.64. The van der Waals surface area contributed by atoms with E-state index in [4.69, 9.17) is 0 Å². The van der Waals surface area contributed by atoms with Gasteiger partial charge in [-0.1, -0.05) is 0 Å². The van der Waals surface area contributed by atoms with E-state index in [1.54, 1.807) is 0 Å². The molecule has 4 aromatic heterocycles. The minimum atomic E-state index is -0.806. The Bertz CT molecular complexity index is 2500. The van der Waals surface area contributed by atoms with Gasteiger partial charge < -0.3 is 0 Å². The molecule has 0 saturated heterocycles. The number of hydrogen-bond donors (Lipinski definition) is 0. The number of para-hydroxylation sites is 4. The van der Waals surface area contributed by atoms with Gasteiger partial charge in [-0.25, -0.2) is 0 Å². The van der Waals surface area contributed by atoms with Gasteiger partial charge in [0.15, 0.2) is 0 Å². The number of rotatable bonds is 6. The van der Waals surface area contributed by atoms with Gasteiger partial charge >= 0.3 is 297 Å². The summed E-state index contributed by atoms with van der Waals surface area (Å²) in [4.78, 5) is 0. The van der Waals surface area contributed by atoms with Gasteiger partial charge in [0.25, 0.3) is 0 Å². The number of fused-ring (bicyclic) bond motifs is 8. The molecule has 222 valence electrons. The summed E-state index contributed by atoms with van der Waals surface area (Å²) in [5.74, 6) is 0. The zero-order valence-electron chi connectivity index (χ0n) is 25.6. The van der Waals surface area contributed by atoms with E-state index in [1.165, 1.54) is 72.6 Å². The molecule has 0 amide bonds. The molecule has 7 heteroatoms. The van der Waals surface area contributed by atoms with Gasteiger partial charge in [-0.05, 0) is 0 Å². The van der Waals surface area contributed by atoms with Crippen LogP contribution in [0.1, 0.15) is 0 Å². The fourth-order valence-corrected chi connectivity index (χ4v) is 13.5. The summed E-state index contributed by atoms with van der Waals surface area (Å²) in [6.07, 6.45) is 4.61. The van der Waals surface area contributed by atoms with E-state index in [-0.39, 0.29) is 21.2 Å². The third kappa shape index (κ3) is 4.61. The summed E-state index contributed by atoms with van der Waals surface area (Å²) >= 11 is -1.90. The molecule has 0 aliphatic heterocycles. The molecule has 0 aliphatic carbocycles. The molecule has 0 aliphatic rings. The van der Waals surface area contributed by atoms with Crippen LogP contribution in [0.3, 0.4) is 0 Å². The quantitative estimate of drug-likeness (QED) is 0.164. The van der Waals surface area contributed by atoms with Gasteiger partial charge in [0, 0.05) is 0 Å². The summed E-state index contributed by atoms with van der Waals surface area (Å²) < 4.78 is 13.1. The van der Waals surface area contributed by atoms with Crippen LogP contribution in [0.2, 0.25) is 0 Å². The maximum atomic E-state index is 2.58. The molecule has 0 atom stereocenters. The van der Waals surface area contributed by atoms with Crippen molar-refractivity contribution in [3.8, 4) is 0 Å². The Labute approximate surface area is 295 Å². The summed E-state index contributed by atoms with van der Waals surface area (Å²) in [6, 6.07) is 54.3. The Balaban J connectivity index is 0.937. The van der Waals surface area contributed by atoms with Crippen LogP contribution < -0.4 is 21.2 Å². The van der Waals surface area contributed by atoms with Gasteiger partial charge in [-0.15, -0.1) is 0 Å². The Hall–Kier alpha value is -4.21. The molecule has 0 bridgehead atoms. The average Bonchev–Trinajstić information content (AvgIpc) is 3.88. The van der Waals surface area contributed by atoms with Crippen LogP contribution in [0.4, 0.5) is 0 Å². The van der Waals surface area contributed by atoms with Crippen LogP contribution in [0.5, 0.6) is 0 Å². The zero-order chi connectivity index (χ0) is 30.9. The van der Waals surface area contributed by atoms with E-state index in [9.17, 15) is 0 Å². The van der Waals surface area contributed by atoms with E-state index in [2.05, 4.69) is 172 Å². The van der Waals surface area contributed by atoms with E-state index >= 15 is 0 Å². The van der Waals surface area contributed by atoms with Crippen LogP contribution >= 0.6 is 0 Å². The predicted molar refractivity (Wildman–Crippen MR) is 196 cm³/mol. The molecule has 4 nitrogen and oxygen atoms in total. The molecule has 0 unspecified atom stereocenters. The standard InChI is InChI=1S/C16H10IN2.2C12H8N.2Al.2H/c1-3-15-11(5-7-18-15)9-13(1)17-14-2-4-16-12(10-14)6-8-19-16;2*1-3-7-11-9(5-1)10-6-2-4-8-12(10)13-11;;;;/h1-10H;2*1-8H;;;;/q-3;2*-1;2*+2;;. The van der Waals surface area contributed by atoms with E-state index in [1.807, 2.05) is 0 Å². The topological polar surface area (TPSA) is 19.7 Å². The van der Waals surface area contributed by atoms with Gasteiger partial charge in [0.05, 0.1) is 0 Å². The third-order valence-corrected chi connectivity index (χ3v) is 15.9. The molecule has 10 aromatic rings. The second-order valence-corrected chi connectivity index (χ2v) is 18.5. The molecular weight excluding hydrogens is 717 g/mol. The van der Waals surface area contributed by atoms with Gasteiger partial charge in [0.1, 0.15) is 0 Å². The molecule has 4 heterocycles. The van der Waals surface area contributed by atoms with Gasteiger partial charge in [0.2, 0.25) is 0 Å². The number of aromatic nitrogens is 4. The van der Waals surface area contributed by atoms with Crippen molar-refractivity contribution in [2.75, 3.05) is 0 Å². The van der Waals surface area contributed by atoms with Crippen molar-refractivity contribution in [1.82, 2.24) is 14.2 Å². The Morgan fingerprint density at radius 3 is 1.11 bits per heavy atom. The maximum absolute atomic E-state index is 2.58. The number of hydrogen-bond acceptors (Lipinski definition) is 0. The molecule has 0 saturated carbocycles. The Morgan fingerprint density at radius 1 is 0.362 bits per heavy atom. The molecule has 0 spiro atoms. The van der Waals surface area contributed by atoms with Crippen LogP contribution in [0.15, 0.2) is 158 Å². The van der Waals surface area contributed by atoms with Crippen molar-refractivity contribution in [3.63, 3.8) is 0 Å². The van der Waals surface area contributed by atoms with Gasteiger partial charge in [-0.2, -0.15) is 0 Å². The van der Waals surface area contributed by atoms with Crippen molar-refractivity contribution < 1.29 is 21.2 Å². The fraction of sp³-hybridized carbons (Fsp3) is 0. The van der Waals surface area contributed by atoms with Crippen LogP contribution in [-0.2, 0) is 0 Å². The van der Waals surface area contributed by atoms with Crippen molar-refractivity contribution in [1.29, 1.82) is 0 Å². The normalized spacial score (nSPS) is 12.0. The van der Waals surface area contributed by atoms with Crippen LogP contribution in [0, 0.1) is 7.14 Å². The van der Waals surface area contributed by atoms with Crippen molar-refractivity contribution in [3.05, 3.63) is 165 Å². The average molecular weight is 746 g/mol. The summed E-state index contributed by atoms with van der Waals surface area (Å²) in [5.41, 5.74) is 8.04. The number of nitrogens with zero attached hydrogens (tertiary/aromatic N) is 4. The van der Waals surface area contributed by atoms with E-state index < -0.39 is 31.3 Å². The SMILES string of the molecule is c1ccc2c(c1)c1ccccc1[n]2[AlH][n]1ccc2cc([I-]c3ccc4c(cc[n]4[AlH][n]4c5ccccc5c5ccccc54)c3)ccc21. The van der Waals surface area contributed by atoms with Crippen molar-refractivity contribution in [2.45, 2.75) is 0 Å². The fourth-order valence-electron chi connectivity index (χ4n) is 7.45. The molecule has 0 N–H and O–H groups in total. The predicted octanol–water partition coefficient (Wildman–Crippen LogP) is 5.27. The van der Waals surface area contributed by atoms with Crippen molar-refractivity contribution in [2.24, 2.45) is 0 Å². The van der Waals surface area contributed by atoms with Crippen LogP contribution in [-0.4, -0.2) is 45.5 Å². The summed E-state index contributed by atoms with van der Waals surface area (Å²) in [7, 11) is 0. The van der Waals surface area contributed by atoms with Crippen molar-refractivity contribution >= 4 is 96.7 Å². The molecule has 10 rings (SSSR count). The molecule has 0 fully saturated rings. The monoisotopic (exact) mass is 745 g/mol. The van der Waals surface area contributed by atoms with E-state index in [0.29, 0.717) is 0 Å². The Morgan fingerprint density at radius 2 is 0.723 bits per heavy atom. The molecule has 0 radical (unpaired) electrons. The number of benzene rings is 6. The zero-order valence-corrected chi connectivity index (χ0v) is 30.6. The molecule has 6 aromatic carbocycles. The number of halogens is 1. The van der Waals surface area contributed by atoms with E-state index in [0.717, 1.165) is 0 Å².